The van der Waals surface area contributed by atoms with E-state index in [1.54, 1.807) is 24.3 Å². The normalized spacial score (nSPS) is 11.3. The zero-order chi connectivity index (χ0) is 15.5. The van der Waals surface area contributed by atoms with E-state index < -0.39 is 15.8 Å². The van der Waals surface area contributed by atoms with Gasteiger partial charge in [0.2, 0.25) is 0 Å². The Hall–Kier alpha value is -1.86. The van der Waals surface area contributed by atoms with Gasteiger partial charge in [0, 0.05) is 28.2 Å². The highest BCUT2D eigenvalue weighted by Crippen LogP contribution is 2.19. The second-order valence-electron chi connectivity index (χ2n) is 4.59. The van der Waals surface area contributed by atoms with Crippen LogP contribution in [0.25, 0.3) is 0 Å². The van der Waals surface area contributed by atoms with Gasteiger partial charge in [0.15, 0.2) is 9.84 Å². The molecule has 21 heavy (non-hydrogen) atoms. The third-order valence-electron chi connectivity index (χ3n) is 2.79. The van der Waals surface area contributed by atoms with Crippen LogP contribution in [-0.2, 0) is 27.6 Å². The molecular formula is C14H15NO4S2. The van der Waals surface area contributed by atoms with Crippen LogP contribution in [0, 0.1) is 0 Å². The van der Waals surface area contributed by atoms with Crippen molar-refractivity contribution in [2.24, 2.45) is 0 Å². The van der Waals surface area contributed by atoms with Crippen molar-refractivity contribution in [2.75, 3.05) is 11.6 Å². The maximum Gasteiger partial charge on any atom is 0.308 e. The number of rotatable bonds is 6. The summed E-state index contributed by atoms with van der Waals surface area (Å²) in [5.41, 5.74) is 0.815. The van der Waals surface area contributed by atoms with E-state index in [4.69, 9.17) is 5.11 Å². The molecule has 0 amide bonds. The van der Waals surface area contributed by atoms with Crippen LogP contribution in [0.2, 0.25) is 0 Å². The minimum Gasteiger partial charge on any atom is -0.481 e. The summed E-state index contributed by atoms with van der Waals surface area (Å²) in [6, 6.07) is 10.2. The van der Waals surface area contributed by atoms with Crippen LogP contribution in [0.1, 0.15) is 9.75 Å². The fourth-order valence-corrected chi connectivity index (χ4v) is 3.35. The summed E-state index contributed by atoms with van der Waals surface area (Å²) in [6.07, 6.45) is 1.21. The predicted octanol–water partition coefficient (Wildman–Crippen LogP) is 2.39. The van der Waals surface area contributed by atoms with E-state index in [2.05, 4.69) is 5.32 Å². The molecule has 1 aromatic carbocycles. The molecule has 0 aliphatic rings. The van der Waals surface area contributed by atoms with Crippen molar-refractivity contribution in [1.29, 1.82) is 0 Å². The first-order chi connectivity index (χ1) is 9.84. The number of hydrogen-bond acceptors (Lipinski definition) is 5. The lowest BCUT2D eigenvalue weighted by atomic mass is 10.3. The fraction of sp³-hybridized carbons (Fsp3) is 0.214. The van der Waals surface area contributed by atoms with Crippen molar-refractivity contribution in [2.45, 2.75) is 17.9 Å². The maximum absolute atomic E-state index is 11.3. The van der Waals surface area contributed by atoms with Gasteiger partial charge < -0.3 is 10.4 Å². The molecule has 0 bridgehead atoms. The molecule has 0 fully saturated rings. The molecule has 1 aromatic heterocycles. The average Bonchev–Trinajstić information content (AvgIpc) is 2.82. The van der Waals surface area contributed by atoms with Gasteiger partial charge in [-0.25, -0.2) is 8.42 Å². The highest BCUT2D eigenvalue weighted by molar-refractivity contribution is 7.90. The molecule has 0 saturated carbocycles. The van der Waals surface area contributed by atoms with Crippen molar-refractivity contribution < 1.29 is 18.3 Å². The molecule has 0 atom stereocenters. The molecule has 0 unspecified atom stereocenters. The van der Waals surface area contributed by atoms with Crippen molar-refractivity contribution in [3.05, 3.63) is 46.2 Å². The maximum atomic E-state index is 11.3. The molecule has 5 nitrogen and oxygen atoms in total. The van der Waals surface area contributed by atoms with E-state index in [0.29, 0.717) is 6.54 Å². The van der Waals surface area contributed by atoms with E-state index in [9.17, 15) is 13.2 Å². The average molecular weight is 325 g/mol. The van der Waals surface area contributed by atoms with E-state index in [-0.39, 0.29) is 11.3 Å². The van der Waals surface area contributed by atoms with Gasteiger partial charge in [0.1, 0.15) is 0 Å². The number of hydrogen-bond donors (Lipinski definition) is 2. The first-order valence-corrected chi connectivity index (χ1v) is 8.89. The summed E-state index contributed by atoms with van der Waals surface area (Å²) in [5, 5.41) is 11.9. The number of sulfone groups is 1. The van der Waals surface area contributed by atoms with E-state index in [0.717, 1.165) is 15.4 Å². The molecule has 0 aliphatic heterocycles. The van der Waals surface area contributed by atoms with Gasteiger partial charge in [-0.2, -0.15) is 0 Å². The van der Waals surface area contributed by atoms with Crippen molar-refractivity contribution in [1.82, 2.24) is 0 Å². The Morgan fingerprint density at radius 3 is 2.33 bits per heavy atom. The minimum absolute atomic E-state index is 0.0354. The third-order valence-corrected chi connectivity index (χ3v) is 5.01. The summed E-state index contributed by atoms with van der Waals surface area (Å²) in [4.78, 5) is 12.7. The molecule has 0 saturated heterocycles. The van der Waals surface area contributed by atoms with Crippen LogP contribution in [0.5, 0.6) is 0 Å². The van der Waals surface area contributed by atoms with Crippen LogP contribution < -0.4 is 5.32 Å². The second-order valence-corrected chi connectivity index (χ2v) is 7.86. The van der Waals surface area contributed by atoms with Crippen molar-refractivity contribution in [3.8, 4) is 0 Å². The number of carboxylic acid groups (broad SMARTS) is 1. The SMILES string of the molecule is CS(=O)(=O)c1ccc(NCc2ccc(CC(=O)O)s2)cc1. The van der Waals surface area contributed by atoms with Gasteiger partial charge in [0.05, 0.1) is 11.3 Å². The zero-order valence-corrected chi connectivity index (χ0v) is 13.0. The summed E-state index contributed by atoms with van der Waals surface area (Å²) < 4.78 is 22.7. The van der Waals surface area contributed by atoms with Gasteiger partial charge in [-0.1, -0.05) is 0 Å². The van der Waals surface area contributed by atoms with Crippen LogP contribution in [-0.4, -0.2) is 25.7 Å². The highest BCUT2D eigenvalue weighted by atomic mass is 32.2. The van der Waals surface area contributed by atoms with Gasteiger partial charge in [-0.3, -0.25) is 4.79 Å². The van der Waals surface area contributed by atoms with Gasteiger partial charge in [0.25, 0.3) is 0 Å². The molecule has 7 heteroatoms. The monoisotopic (exact) mass is 325 g/mol. The highest BCUT2D eigenvalue weighted by Gasteiger charge is 2.07. The number of nitrogens with one attached hydrogen (secondary N) is 1. The third kappa shape index (κ3) is 4.57. The summed E-state index contributed by atoms with van der Waals surface area (Å²) in [7, 11) is -3.18. The lowest BCUT2D eigenvalue weighted by Crippen LogP contribution is -2.00. The largest absolute Gasteiger partial charge is 0.481 e. The first kappa shape index (κ1) is 15.5. The van der Waals surface area contributed by atoms with Gasteiger partial charge >= 0.3 is 5.97 Å². The lowest BCUT2D eigenvalue weighted by molar-refractivity contribution is -0.136. The second kappa shape index (κ2) is 6.28. The minimum atomic E-state index is -3.18. The molecule has 2 rings (SSSR count). The van der Waals surface area contributed by atoms with Crippen LogP contribution in [0.4, 0.5) is 5.69 Å². The number of thiophene rings is 1. The zero-order valence-electron chi connectivity index (χ0n) is 11.4. The summed E-state index contributed by atoms with van der Waals surface area (Å²) in [5.74, 6) is -0.840. The van der Waals surface area contributed by atoms with Gasteiger partial charge in [-0.05, 0) is 36.4 Å². The molecule has 1 heterocycles. The predicted molar refractivity (Wildman–Crippen MR) is 82.5 cm³/mol. The molecule has 112 valence electrons. The number of aliphatic carboxylic acids is 1. The molecule has 0 spiro atoms. The number of anilines is 1. The van der Waals surface area contributed by atoms with Crippen LogP contribution in [0.15, 0.2) is 41.3 Å². The standard InChI is InChI=1S/C14H15NO4S2/c1-21(18,19)13-6-2-10(3-7-13)15-9-12-5-4-11(20-12)8-14(16)17/h2-7,15H,8-9H2,1H3,(H,16,17). The Labute approximate surface area is 127 Å². The van der Waals surface area contributed by atoms with Crippen molar-refractivity contribution >= 4 is 32.8 Å². The molecular weight excluding hydrogens is 310 g/mol. The van der Waals surface area contributed by atoms with E-state index in [1.165, 1.54) is 17.6 Å². The van der Waals surface area contributed by atoms with Crippen LogP contribution >= 0.6 is 11.3 Å². The Morgan fingerprint density at radius 2 is 1.76 bits per heavy atom. The van der Waals surface area contributed by atoms with Crippen molar-refractivity contribution in [3.63, 3.8) is 0 Å². The lowest BCUT2D eigenvalue weighted by Gasteiger charge is -2.05. The first-order valence-electron chi connectivity index (χ1n) is 6.18. The number of benzene rings is 1. The Bertz CT molecular complexity index is 733. The topological polar surface area (TPSA) is 83.5 Å². The number of carboxylic acids is 1. The van der Waals surface area contributed by atoms with Crippen LogP contribution in [0.3, 0.4) is 0 Å². The number of carbonyl (C=O) groups is 1. The summed E-state index contributed by atoms with van der Waals surface area (Å²) >= 11 is 1.45. The molecule has 0 aliphatic carbocycles. The molecule has 2 aromatic rings. The van der Waals surface area contributed by atoms with E-state index >= 15 is 0 Å². The quantitative estimate of drug-likeness (QED) is 0.852. The Kier molecular flexibility index (Phi) is 4.64. The Balaban J connectivity index is 1.97. The molecule has 0 radical (unpaired) electrons. The van der Waals surface area contributed by atoms with Gasteiger partial charge in [-0.15, -0.1) is 11.3 Å². The fourth-order valence-electron chi connectivity index (χ4n) is 1.77. The summed E-state index contributed by atoms with van der Waals surface area (Å²) in [6.45, 7) is 0.572. The van der Waals surface area contributed by atoms with E-state index in [1.807, 2.05) is 12.1 Å². The molecule has 2 N–H and O–H groups in total. The Morgan fingerprint density at radius 1 is 1.14 bits per heavy atom. The smallest absolute Gasteiger partial charge is 0.308 e.